The van der Waals surface area contributed by atoms with Gasteiger partial charge in [0.05, 0.1) is 0 Å². The van der Waals surface area contributed by atoms with E-state index >= 15 is 0 Å². The van der Waals surface area contributed by atoms with Gasteiger partial charge in [-0.2, -0.15) is 0 Å². The molecule has 1 heterocycles. The number of rotatable bonds is 4. The van der Waals surface area contributed by atoms with Gasteiger partial charge in [0.25, 0.3) is 0 Å². The minimum atomic E-state index is -0.445. The summed E-state index contributed by atoms with van der Waals surface area (Å²) < 4.78 is 7.07. The molecular weight excluding hydrogens is 400 g/mol. The summed E-state index contributed by atoms with van der Waals surface area (Å²) in [6.45, 7) is 6.47. The van der Waals surface area contributed by atoms with Crippen LogP contribution in [0.5, 0.6) is 0 Å². The number of hydrogen-bond donors (Lipinski definition) is 2. The lowest BCUT2D eigenvalue weighted by Gasteiger charge is -2.30. The first-order chi connectivity index (χ1) is 10.7. The Kier molecular flexibility index (Phi) is 6.77. The molecule has 1 saturated carbocycles. The number of halogens is 2. The molecule has 0 aliphatic heterocycles. The third-order valence-electron chi connectivity index (χ3n) is 3.71. The number of hydrogen-bond acceptors (Lipinski definition) is 4. The SMILES string of the molecule is CC(C)(C)OC(=O)NC1CCC(NCc2cc(Br)c(Cl)s2)CC1. The monoisotopic (exact) mass is 422 g/mol. The highest BCUT2D eigenvalue weighted by molar-refractivity contribution is 9.10. The van der Waals surface area contributed by atoms with E-state index in [1.807, 2.05) is 20.8 Å². The molecule has 1 aliphatic rings. The van der Waals surface area contributed by atoms with Crippen LogP contribution in [0.1, 0.15) is 51.3 Å². The Bertz CT molecular complexity index is 517. The van der Waals surface area contributed by atoms with Crippen LogP contribution in [0.3, 0.4) is 0 Å². The van der Waals surface area contributed by atoms with Gasteiger partial charge in [-0.05, 0) is 68.5 Å². The average molecular weight is 424 g/mol. The van der Waals surface area contributed by atoms with Crippen LogP contribution >= 0.6 is 38.9 Å². The highest BCUT2D eigenvalue weighted by atomic mass is 79.9. The van der Waals surface area contributed by atoms with Crippen molar-refractivity contribution >= 4 is 45.0 Å². The normalized spacial score (nSPS) is 22.0. The van der Waals surface area contributed by atoms with E-state index in [-0.39, 0.29) is 12.1 Å². The van der Waals surface area contributed by atoms with Crippen LogP contribution in [0.25, 0.3) is 0 Å². The summed E-state index contributed by atoms with van der Waals surface area (Å²) in [6, 6.07) is 2.77. The molecule has 1 aliphatic carbocycles. The molecular formula is C16H24BrClN2O2S. The third-order valence-corrected chi connectivity index (χ3v) is 6.18. The summed E-state index contributed by atoms with van der Waals surface area (Å²) in [5, 5.41) is 6.55. The largest absolute Gasteiger partial charge is 0.444 e. The van der Waals surface area contributed by atoms with Crippen LogP contribution in [0.4, 0.5) is 4.79 Å². The predicted octanol–water partition coefficient (Wildman–Crippen LogP) is 5.09. The summed E-state index contributed by atoms with van der Waals surface area (Å²) in [4.78, 5) is 13.0. The van der Waals surface area contributed by atoms with Gasteiger partial charge in [0, 0.05) is 28.0 Å². The predicted molar refractivity (Wildman–Crippen MR) is 99.3 cm³/mol. The van der Waals surface area contributed by atoms with Crippen LogP contribution in [0.15, 0.2) is 10.5 Å². The molecule has 0 bridgehead atoms. The van der Waals surface area contributed by atoms with Gasteiger partial charge < -0.3 is 15.4 Å². The maximum Gasteiger partial charge on any atom is 0.407 e. The quantitative estimate of drug-likeness (QED) is 0.709. The standard InChI is InChI=1S/C16H24BrClN2O2S/c1-16(2,3)22-15(21)20-11-6-4-10(5-7-11)19-9-12-8-13(17)14(18)23-12/h8,10-11,19H,4-7,9H2,1-3H3,(H,20,21). The molecule has 1 amide bonds. The second-order valence-corrected chi connectivity index (χ2v) is 9.50. The van der Waals surface area contributed by atoms with Gasteiger partial charge in [-0.1, -0.05) is 11.6 Å². The zero-order valence-electron chi connectivity index (χ0n) is 13.7. The lowest BCUT2D eigenvalue weighted by Crippen LogP contribution is -2.43. The fraction of sp³-hybridized carbons (Fsp3) is 0.688. The number of ether oxygens (including phenoxy) is 1. The van der Waals surface area contributed by atoms with E-state index in [1.54, 1.807) is 11.3 Å². The van der Waals surface area contributed by atoms with E-state index < -0.39 is 5.60 Å². The number of nitrogens with one attached hydrogen (secondary N) is 2. The van der Waals surface area contributed by atoms with Crippen molar-refractivity contribution in [1.29, 1.82) is 0 Å². The smallest absolute Gasteiger partial charge is 0.407 e. The summed E-state index contributed by atoms with van der Waals surface area (Å²) in [5.41, 5.74) is -0.445. The molecule has 0 saturated heterocycles. The van der Waals surface area contributed by atoms with Crippen molar-refractivity contribution in [1.82, 2.24) is 10.6 Å². The molecule has 130 valence electrons. The highest BCUT2D eigenvalue weighted by Gasteiger charge is 2.24. The van der Waals surface area contributed by atoms with E-state index in [0.29, 0.717) is 6.04 Å². The van der Waals surface area contributed by atoms with Crippen molar-refractivity contribution in [2.75, 3.05) is 0 Å². The molecule has 1 fully saturated rings. The highest BCUT2D eigenvalue weighted by Crippen LogP contribution is 2.32. The number of amides is 1. The van der Waals surface area contributed by atoms with E-state index in [2.05, 4.69) is 32.6 Å². The lowest BCUT2D eigenvalue weighted by molar-refractivity contribution is 0.0490. The molecule has 23 heavy (non-hydrogen) atoms. The first kappa shape index (κ1) is 19.0. The van der Waals surface area contributed by atoms with Crippen molar-refractivity contribution in [3.05, 3.63) is 19.8 Å². The van der Waals surface area contributed by atoms with Gasteiger partial charge in [0.15, 0.2) is 0 Å². The van der Waals surface area contributed by atoms with Crippen molar-refractivity contribution < 1.29 is 9.53 Å². The van der Waals surface area contributed by atoms with Gasteiger partial charge in [-0.15, -0.1) is 11.3 Å². The van der Waals surface area contributed by atoms with Crippen LogP contribution in [0.2, 0.25) is 4.34 Å². The number of carbonyl (C=O) groups excluding carboxylic acids is 1. The summed E-state index contributed by atoms with van der Waals surface area (Å²) in [5.74, 6) is 0. The molecule has 1 aromatic heterocycles. The fourth-order valence-corrected chi connectivity index (χ4v) is 4.38. The third kappa shape index (κ3) is 6.61. The molecule has 2 rings (SSSR count). The molecule has 0 radical (unpaired) electrons. The Labute approximate surface area is 155 Å². The van der Waals surface area contributed by atoms with Crippen LogP contribution in [-0.4, -0.2) is 23.8 Å². The van der Waals surface area contributed by atoms with Crippen LogP contribution < -0.4 is 10.6 Å². The molecule has 7 heteroatoms. The lowest BCUT2D eigenvalue weighted by atomic mass is 9.91. The minimum Gasteiger partial charge on any atom is -0.444 e. The van der Waals surface area contributed by atoms with Gasteiger partial charge in [-0.3, -0.25) is 0 Å². The zero-order valence-corrected chi connectivity index (χ0v) is 16.9. The maximum atomic E-state index is 11.8. The first-order valence-corrected chi connectivity index (χ1v) is 9.88. The van der Waals surface area contributed by atoms with Gasteiger partial charge >= 0.3 is 6.09 Å². The number of alkyl carbamates (subject to hydrolysis) is 1. The molecule has 0 aromatic carbocycles. The van der Waals surface area contributed by atoms with Crippen molar-refractivity contribution in [3.8, 4) is 0 Å². The molecule has 2 N–H and O–H groups in total. The molecule has 0 unspecified atom stereocenters. The summed E-state index contributed by atoms with van der Waals surface area (Å²) in [7, 11) is 0. The molecule has 0 spiro atoms. The Morgan fingerprint density at radius 3 is 2.48 bits per heavy atom. The minimum absolute atomic E-state index is 0.216. The Balaban J connectivity index is 1.68. The van der Waals surface area contributed by atoms with Crippen LogP contribution in [-0.2, 0) is 11.3 Å². The van der Waals surface area contributed by atoms with E-state index in [4.69, 9.17) is 16.3 Å². The Morgan fingerprint density at radius 1 is 1.35 bits per heavy atom. The fourth-order valence-electron chi connectivity index (χ4n) is 2.64. The van der Waals surface area contributed by atoms with E-state index in [0.717, 1.165) is 41.0 Å². The zero-order chi connectivity index (χ0) is 17.0. The Hall–Kier alpha value is -0.300. The van der Waals surface area contributed by atoms with Gasteiger partial charge in [-0.25, -0.2) is 4.79 Å². The van der Waals surface area contributed by atoms with Gasteiger partial charge in [0.1, 0.15) is 9.94 Å². The van der Waals surface area contributed by atoms with Crippen molar-refractivity contribution in [2.24, 2.45) is 0 Å². The van der Waals surface area contributed by atoms with Gasteiger partial charge in [0.2, 0.25) is 0 Å². The second-order valence-electron chi connectivity index (χ2n) is 6.91. The van der Waals surface area contributed by atoms with Crippen molar-refractivity contribution in [2.45, 2.75) is 70.7 Å². The second kappa shape index (κ2) is 8.19. The first-order valence-electron chi connectivity index (χ1n) is 7.89. The summed E-state index contributed by atoms with van der Waals surface area (Å²) >= 11 is 11.1. The Morgan fingerprint density at radius 2 is 1.96 bits per heavy atom. The average Bonchev–Trinajstić information content (AvgIpc) is 2.75. The van der Waals surface area contributed by atoms with E-state index in [1.165, 1.54) is 4.88 Å². The maximum absolute atomic E-state index is 11.8. The van der Waals surface area contributed by atoms with Crippen molar-refractivity contribution in [3.63, 3.8) is 0 Å². The topological polar surface area (TPSA) is 50.4 Å². The number of thiophene rings is 1. The number of carbonyl (C=O) groups is 1. The summed E-state index contributed by atoms with van der Waals surface area (Å²) in [6.07, 6.45) is 3.76. The molecule has 0 atom stereocenters. The van der Waals surface area contributed by atoms with E-state index in [9.17, 15) is 4.79 Å². The van der Waals surface area contributed by atoms with Crippen LogP contribution in [0, 0.1) is 0 Å². The molecule has 4 nitrogen and oxygen atoms in total. The molecule has 1 aromatic rings.